The second-order valence-corrected chi connectivity index (χ2v) is 4.58. The first-order chi connectivity index (χ1) is 8.69. The number of nitrogens with zero attached hydrogens (tertiary/aromatic N) is 1. The molecule has 0 bridgehead atoms. The number of rotatable bonds is 3. The van der Waals surface area contributed by atoms with Crippen LogP contribution in [0.2, 0.25) is 0 Å². The zero-order valence-corrected chi connectivity index (χ0v) is 11.4. The molecular formula is C14H12BrNO2. The van der Waals surface area contributed by atoms with Gasteiger partial charge in [-0.25, -0.2) is 0 Å². The van der Waals surface area contributed by atoms with Crippen LogP contribution >= 0.6 is 15.9 Å². The number of aromatic hydroxyl groups is 1. The van der Waals surface area contributed by atoms with Gasteiger partial charge in [0.15, 0.2) is 0 Å². The summed E-state index contributed by atoms with van der Waals surface area (Å²) >= 11 is 3.38. The molecule has 0 aliphatic heterocycles. The third kappa shape index (κ3) is 3.11. The Morgan fingerprint density at radius 1 is 1.22 bits per heavy atom. The van der Waals surface area contributed by atoms with E-state index in [0.29, 0.717) is 11.3 Å². The molecule has 0 radical (unpaired) electrons. The largest absolute Gasteiger partial charge is 0.507 e. The fraction of sp³-hybridized carbons (Fsp3) is 0.0714. The van der Waals surface area contributed by atoms with Crippen molar-refractivity contribution in [1.29, 1.82) is 0 Å². The first-order valence-corrected chi connectivity index (χ1v) is 6.15. The van der Waals surface area contributed by atoms with Gasteiger partial charge in [-0.3, -0.25) is 4.99 Å². The molecule has 0 amide bonds. The molecule has 0 saturated heterocycles. The number of benzene rings is 2. The lowest BCUT2D eigenvalue weighted by molar-refractivity contribution is 0.412. The normalized spacial score (nSPS) is 10.8. The van der Waals surface area contributed by atoms with Gasteiger partial charge in [0.2, 0.25) is 0 Å². The van der Waals surface area contributed by atoms with Crippen LogP contribution in [0.4, 0.5) is 5.69 Å². The smallest absolute Gasteiger partial charge is 0.124 e. The van der Waals surface area contributed by atoms with Crippen LogP contribution in [-0.2, 0) is 0 Å². The van der Waals surface area contributed by atoms with Crippen molar-refractivity contribution in [2.45, 2.75) is 0 Å². The number of hydrogen-bond acceptors (Lipinski definition) is 3. The highest BCUT2D eigenvalue weighted by Crippen LogP contribution is 2.23. The molecule has 0 atom stereocenters. The Morgan fingerprint density at radius 3 is 2.78 bits per heavy atom. The summed E-state index contributed by atoms with van der Waals surface area (Å²) in [4.78, 5) is 4.30. The van der Waals surface area contributed by atoms with Crippen LogP contribution in [0.25, 0.3) is 0 Å². The second kappa shape index (κ2) is 5.69. The maximum absolute atomic E-state index is 9.71. The SMILES string of the molecule is COc1ccc(O)c(C=Nc2cccc(Br)c2)c1. The number of hydrogen-bond donors (Lipinski definition) is 1. The Bertz CT molecular complexity index is 582. The molecule has 0 aliphatic rings. The second-order valence-electron chi connectivity index (χ2n) is 3.66. The van der Waals surface area contributed by atoms with E-state index >= 15 is 0 Å². The van der Waals surface area contributed by atoms with Gasteiger partial charge in [-0.1, -0.05) is 22.0 Å². The summed E-state index contributed by atoms with van der Waals surface area (Å²) in [5.74, 6) is 0.859. The summed E-state index contributed by atoms with van der Waals surface area (Å²) in [6.07, 6.45) is 1.61. The third-order valence-corrected chi connectivity index (χ3v) is 2.89. The van der Waals surface area contributed by atoms with Crippen molar-refractivity contribution in [2.75, 3.05) is 7.11 Å². The highest BCUT2D eigenvalue weighted by Gasteiger charge is 2.00. The Labute approximate surface area is 114 Å². The van der Waals surface area contributed by atoms with E-state index in [1.54, 1.807) is 31.5 Å². The molecular weight excluding hydrogens is 294 g/mol. The standard InChI is InChI=1S/C14H12BrNO2/c1-18-13-5-6-14(17)10(7-13)9-16-12-4-2-3-11(15)8-12/h2-9,17H,1H3. The van der Waals surface area contributed by atoms with E-state index in [0.717, 1.165) is 10.2 Å². The van der Waals surface area contributed by atoms with Gasteiger partial charge in [0.05, 0.1) is 12.8 Å². The predicted octanol–water partition coefficient (Wildman–Crippen LogP) is 3.91. The molecule has 0 unspecified atom stereocenters. The molecule has 3 nitrogen and oxygen atoms in total. The molecule has 0 spiro atoms. The number of phenols is 1. The number of ether oxygens (including phenoxy) is 1. The van der Waals surface area contributed by atoms with E-state index in [-0.39, 0.29) is 5.75 Å². The zero-order chi connectivity index (χ0) is 13.0. The minimum Gasteiger partial charge on any atom is -0.507 e. The van der Waals surface area contributed by atoms with Crippen LogP contribution < -0.4 is 4.74 Å². The monoisotopic (exact) mass is 305 g/mol. The summed E-state index contributed by atoms with van der Waals surface area (Å²) in [7, 11) is 1.58. The Balaban J connectivity index is 2.28. The van der Waals surface area contributed by atoms with Crippen LogP contribution in [-0.4, -0.2) is 18.4 Å². The van der Waals surface area contributed by atoms with Crippen molar-refractivity contribution in [2.24, 2.45) is 4.99 Å². The van der Waals surface area contributed by atoms with Crippen LogP contribution in [0.3, 0.4) is 0 Å². The van der Waals surface area contributed by atoms with Gasteiger partial charge in [0, 0.05) is 16.3 Å². The van der Waals surface area contributed by atoms with Crippen LogP contribution in [0.15, 0.2) is 51.9 Å². The first kappa shape index (κ1) is 12.6. The number of methoxy groups -OCH3 is 1. The molecule has 0 aromatic heterocycles. The van der Waals surface area contributed by atoms with Crippen molar-refractivity contribution < 1.29 is 9.84 Å². The molecule has 2 rings (SSSR count). The average Bonchev–Trinajstić information content (AvgIpc) is 2.38. The van der Waals surface area contributed by atoms with Gasteiger partial charge in [0.1, 0.15) is 11.5 Å². The number of aliphatic imine (C=N–C) groups is 1. The quantitative estimate of drug-likeness (QED) is 0.873. The van der Waals surface area contributed by atoms with Gasteiger partial charge in [0.25, 0.3) is 0 Å². The van der Waals surface area contributed by atoms with Crippen molar-refractivity contribution >= 4 is 27.8 Å². The van der Waals surface area contributed by atoms with E-state index in [9.17, 15) is 5.11 Å². The van der Waals surface area contributed by atoms with Gasteiger partial charge in [-0.15, -0.1) is 0 Å². The lowest BCUT2D eigenvalue weighted by Crippen LogP contribution is -1.87. The minimum absolute atomic E-state index is 0.176. The molecule has 92 valence electrons. The lowest BCUT2D eigenvalue weighted by Gasteiger charge is -2.03. The molecule has 18 heavy (non-hydrogen) atoms. The lowest BCUT2D eigenvalue weighted by atomic mass is 10.2. The molecule has 1 N–H and O–H groups in total. The topological polar surface area (TPSA) is 41.8 Å². The Morgan fingerprint density at radius 2 is 2.06 bits per heavy atom. The van der Waals surface area contributed by atoms with Crippen LogP contribution in [0.5, 0.6) is 11.5 Å². The first-order valence-electron chi connectivity index (χ1n) is 5.35. The minimum atomic E-state index is 0.176. The molecule has 0 fully saturated rings. The number of phenolic OH excluding ortho intramolecular Hbond substituents is 1. The Hall–Kier alpha value is -1.81. The molecule has 0 aliphatic carbocycles. The third-order valence-electron chi connectivity index (χ3n) is 2.40. The summed E-state index contributed by atoms with van der Waals surface area (Å²) in [6.45, 7) is 0. The summed E-state index contributed by atoms with van der Waals surface area (Å²) in [5.41, 5.74) is 1.43. The van der Waals surface area contributed by atoms with Crippen molar-refractivity contribution in [3.8, 4) is 11.5 Å². The summed E-state index contributed by atoms with van der Waals surface area (Å²) < 4.78 is 6.07. The van der Waals surface area contributed by atoms with E-state index in [4.69, 9.17) is 4.74 Å². The average molecular weight is 306 g/mol. The van der Waals surface area contributed by atoms with Gasteiger partial charge in [-0.2, -0.15) is 0 Å². The van der Waals surface area contributed by atoms with Gasteiger partial charge in [-0.05, 0) is 36.4 Å². The zero-order valence-electron chi connectivity index (χ0n) is 9.80. The maximum Gasteiger partial charge on any atom is 0.124 e. The number of halogens is 1. The summed E-state index contributed by atoms with van der Waals surface area (Å²) in [5, 5.41) is 9.71. The van der Waals surface area contributed by atoms with Crippen LogP contribution in [0, 0.1) is 0 Å². The van der Waals surface area contributed by atoms with E-state index in [1.807, 2.05) is 24.3 Å². The Kier molecular flexibility index (Phi) is 3.99. The fourth-order valence-corrected chi connectivity index (χ4v) is 1.85. The van der Waals surface area contributed by atoms with E-state index < -0.39 is 0 Å². The van der Waals surface area contributed by atoms with Crippen molar-refractivity contribution in [3.05, 3.63) is 52.5 Å². The molecule has 0 saturated carbocycles. The molecule has 4 heteroatoms. The molecule has 2 aromatic carbocycles. The molecule has 2 aromatic rings. The van der Waals surface area contributed by atoms with Crippen molar-refractivity contribution in [1.82, 2.24) is 0 Å². The van der Waals surface area contributed by atoms with E-state index in [1.165, 1.54) is 0 Å². The van der Waals surface area contributed by atoms with E-state index in [2.05, 4.69) is 20.9 Å². The van der Waals surface area contributed by atoms with Gasteiger partial charge < -0.3 is 9.84 Å². The van der Waals surface area contributed by atoms with Crippen molar-refractivity contribution in [3.63, 3.8) is 0 Å². The highest BCUT2D eigenvalue weighted by atomic mass is 79.9. The fourth-order valence-electron chi connectivity index (χ4n) is 1.46. The molecule has 0 heterocycles. The predicted molar refractivity (Wildman–Crippen MR) is 76.1 cm³/mol. The van der Waals surface area contributed by atoms with Crippen LogP contribution in [0.1, 0.15) is 5.56 Å². The highest BCUT2D eigenvalue weighted by molar-refractivity contribution is 9.10. The van der Waals surface area contributed by atoms with Gasteiger partial charge >= 0.3 is 0 Å². The summed E-state index contributed by atoms with van der Waals surface area (Å²) in [6, 6.07) is 12.6. The maximum atomic E-state index is 9.71.